The summed E-state index contributed by atoms with van der Waals surface area (Å²) in [5, 5.41) is 0.937. The predicted octanol–water partition coefficient (Wildman–Crippen LogP) is 3.88. The Morgan fingerprint density at radius 1 is 1.21 bits per heavy atom. The van der Waals surface area contributed by atoms with Crippen molar-refractivity contribution in [1.29, 1.82) is 0 Å². The standard InChI is InChI=1S/C15H20N2OS/c1-15(2,3)12-4-6-13(7-5-12)18-10-11-19-14-16-8-9-17-14/h4-9H,10-11H2,1-3H3,(H,16,17). The van der Waals surface area contributed by atoms with E-state index in [1.54, 1.807) is 18.0 Å². The number of nitrogens with zero attached hydrogens (tertiary/aromatic N) is 1. The van der Waals surface area contributed by atoms with Crippen LogP contribution < -0.4 is 4.74 Å². The van der Waals surface area contributed by atoms with Gasteiger partial charge in [-0.3, -0.25) is 0 Å². The maximum Gasteiger partial charge on any atom is 0.165 e. The van der Waals surface area contributed by atoms with Crippen LogP contribution in [-0.2, 0) is 5.41 Å². The lowest BCUT2D eigenvalue weighted by Gasteiger charge is -2.19. The summed E-state index contributed by atoms with van der Waals surface area (Å²) in [6.07, 6.45) is 3.59. The van der Waals surface area contributed by atoms with Crippen LogP contribution in [0.25, 0.3) is 0 Å². The predicted molar refractivity (Wildman–Crippen MR) is 79.9 cm³/mol. The first-order valence-corrected chi connectivity index (χ1v) is 7.40. The summed E-state index contributed by atoms with van der Waals surface area (Å²) in [7, 11) is 0. The smallest absolute Gasteiger partial charge is 0.165 e. The van der Waals surface area contributed by atoms with E-state index in [0.717, 1.165) is 16.7 Å². The second-order valence-electron chi connectivity index (χ2n) is 5.37. The molecule has 0 aliphatic rings. The summed E-state index contributed by atoms with van der Waals surface area (Å²) in [5.74, 6) is 1.81. The molecule has 0 spiro atoms. The van der Waals surface area contributed by atoms with Gasteiger partial charge < -0.3 is 9.72 Å². The van der Waals surface area contributed by atoms with Gasteiger partial charge >= 0.3 is 0 Å². The van der Waals surface area contributed by atoms with E-state index in [9.17, 15) is 0 Å². The minimum absolute atomic E-state index is 0.188. The molecule has 0 fully saturated rings. The zero-order chi connectivity index (χ0) is 13.7. The fourth-order valence-electron chi connectivity index (χ4n) is 1.68. The van der Waals surface area contributed by atoms with Crippen molar-refractivity contribution in [2.45, 2.75) is 31.3 Å². The highest BCUT2D eigenvalue weighted by Gasteiger charge is 2.12. The number of rotatable bonds is 5. The Morgan fingerprint density at radius 3 is 2.53 bits per heavy atom. The first kappa shape index (κ1) is 14.0. The molecule has 0 saturated heterocycles. The molecule has 102 valence electrons. The molecule has 3 nitrogen and oxygen atoms in total. The third-order valence-corrected chi connectivity index (χ3v) is 3.65. The molecule has 0 aliphatic carbocycles. The zero-order valence-electron chi connectivity index (χ0n) is 11.6. The lowest BCUT2D eigenvalue weighted by Crippen LogP contribution is -2.10. The summed E-state index contributed by atoms with van der Waals surface area (Å²) in [5.41, 5.74) is 1.51. The van der Waals surface area contributed by atoms with Gasteiger partial charge in [-0.25, -0.2) is 4.98 Å². The lowest BCUT2D eigenvalue weighted by molar-refractivity contribution is 0.343. The first-order chi connectivity index (χ1) is 9.05. The summed E-state index contributed by atoms with van der Waals surface area (Å²) in [4.78, 5) is 7.21. The van der Waals surface area contributed by atoms with E-state index in [1.807, 2.05) is 18.3 Å². The van der Waals surface area contributed by atoms with Crippen LogP contribution in [0.2, 0.25) is 0 Å². The van der Waals surface area contributed by atoms with Crippen molar-refractivity contribution in [2.75, 3.05) is 12.4 Å². The van der Waals surface area contributed by atoms with Crippen LogP contribution in [0, 0.1) is 0 Å². The van der Waals surface area contributed by atoms with Gasteiger partial charge in [-0.15, -0.1) is 0 Å². The van der Waals surface area contributed by atoms with Crippen LogP contribution in [0.3, 0.4) is 0 Å². The molecular formula is C15H20N2OS. The molecule has 0 bridgehead atoms. The minimum Gasteiger partial charge on any atom is -0.493 e. The van der Waals surface area contributed by atoms with Crippen molar-refractivity contribution in [3.8, 4) is 5.75 Å². The highest BCUT2D eigenvalue weighted by Crippen LogP contribution is 2.24. The molecule has 1 aromatic heterocycles. The van der Waals surface area contributed by atoms with Gasteiger partial charge in [0.05, 0.1) is 6.61 Å². The zero-order valence-corrected chi connectivity index (χ0v) is 12.5. The number of aromatic nitrogens is 2. The number of benzene rings is 1. The molecule has 0 unspecified atom stereocenters. The summed E-state index contributed by atoms with van der Waals surface area (Å²) in [6.45, 7) is 7.31. The van der Waals surface area contributed by atoms with Crippen LogP contribution in [0.1, 0.15) is 26.3 Å². The average Bonchev–Trinajstić information content (AvgIpc) is 2.87. The van der Waals surface area contributed by atoms with Crippen LogP contribution in [0.4, 0.5) is 0 Å². The third-order valence-electron chi connectivity index (χ3n) is 2.78. The van der Waals surface area contributed by atoms with E-state index in [1.165, 1.54) is 5.56 Å². The Labute approximate surface area is 118 Å². The van der Waals surface area contributed by atoms with Crippen molar-refractivity contribution >= 4 is 11.8 Å². The number of hydrogen-bond acceptors (Lipinski definition) is 3. The van der Waals surface area contributed by atoms with Gasteiger partial charge in [0.15, 0.2) is 5.16 Å². The molecule has 4 heteroatoms. The SMILES string of the molecule is CC(C)(C)c1ccc(OCCSc2ncc[nH]2)cc1. The Morgan fingerprint density at radius 2 is 1.95 bits per heavy atom. The molecule has 1 N–H and O–H groups in total. The molecule has 1 heterocycles. The van der Waals surface area contributed by atoms with Gasteiger partial charge in [-0.05, 0) is 23.1 Å². The topological polar surface area (TPSA) is 37.9 Å². The van der Waals surface area contributed by atoms with Crippen molar-refractivity contribution in [1.82, 2.24) is 9.97 Å². The van der Waals surface area contributed by atoms with E-state index in [2.05, 4.69) is 42.9 Å². The van der Waals surface area contributed by atoms with Crippen molar-refractivity contribution < 1.29 is 4.74 Å². The van der Waals surface area contributed by atoms with E-state index in [4.69, 9.17) is 4.74 Å². The number of imidazole rings is 1. The summed E-state index contributed by atoms with van der Waals surface area (Å²) >= 11 is 1.66. The van der Waals surface area contributed by atoms with E-state index < -0.39 is 0 Å². The number of hydrogen-bond donors (Lipinski definition) is 1. The van der Waals surface area contributed by atoms with Crippen LogP contribution in [-0.4, -0.2) is 22.3 Å². The van der Waals surface area contributed by atoms with Gasteiger partial charge in [0.2, 0.25) is 0 Å². The molecular weight excluding hydrogens is 256 g/mol. The van der Waals surface area contributed by atoms with Crippen molar-refractivity contribution in [2.24, 2.45) is 0 Å². The Kier molecular flexibility index (Phi) is 4.53. The molecule has 1 aromatic carbocycles. The number of aromatic amines is 1. The van der Waals surface area contributed by atoms with Gasteiger partial charge in [-0.1, -0.05) is 44.7 Å². The summed E-state index contributed by atoms with van der Waals surface area (Å²) in [6, 6.07) is 8.35. The Bertz CT molecular complexity index is 486. The van der Waals surface area contributed by atoms with Gasteiger partial charge in [0.25, 0.3) is 0 Å². The van der Waals surface area contributed by atoms with E-state index >= 15 is 0 Å². The van der Waals surface area contributed by atoms with Crippen molar-refractivity contribution in [3.63, 3.8) is 0 Å². The van der Waals surface area contributed by atoms with Crippen LogP contribution in [0.15, 0.2) is 41.8 Å². The molecule has 0 amide bonds. The highest BCUT2D eigenvalue weighted by atomic mass is 32.2. The fourth-order valence-corrected chi connectivity index (χ4v) is 2.33. The molecule has 2 aromatic rings. The molecule has 0 atom stereocenters. The number of thioether (sulfide) groups is 1. The third kappa shape index (κ3) is 4.31. The lowest BCUT2D eigenvalue weighted by atomic mass is 9.87. The molecule has 0 radical (unpaired) electrons. The quantitative estimate of drug-likeness (QED) is 0.665. The highest BCUT2D eigenvalue weighted by molar-refractivity contribution is 7.99. The largest absolute Gasteiger partial charge is 0.493 e. The molecule has 19 heavy (non-hydrogen) atoms. The van der Waals surface area contributed by atoms with E-state index in [-0.39, 0.29) is 5.41 Å². The second kappa shape index (κ2) is 6.15. The molecule has 0 saturated carbocycles. The Balaban J connectivity index is 1.77. The normalized spacial score (nSPS) is 11.5. The number of ether oxygens (including phenoxy) is 1. The Hall–Kier alpha value is -1.42. The maximum absolute atomic E-state index is 5.71. The van der Waals surface area contributed by atoms with Gasteiger partial charge in [-0.2, -0.15) is 0 Å². The fraction of sp³-hybridized carbons (Fsp3) is 0.400. The minimum atomic E-state index is 0.188. The maximum atomic E-state index is 5.71. The monoisotopic (exact) mass is 276 g/mol. The van der Waals surface area contributed by atoms with Crippen LogP contribution in [0.5, 0.6) is 5.75 Å². The van der Waals surface area contributed by atoms with E-state index in [0.29, 0.717) is 6.61 Å². The van der Waals surface area contributed by atoms with Gasteiger partial charge in [0, 0.05) is 18.1 Å². The molecule has 0 aliphatic heterocycles. The van der Waals surface area contributed by atoms with Crippen molar-refractivity contribution in [3.05, 3.63) is 42.2 Å². The summed E-state index contributed by atoms with van der Waals surface area (Å²) < 4.78 is 5.71. The number of nitrogens with one attached hydrogen (secondary N) is 1. The first-order valence-electron chi connectivity index (χ1n) is 6.41. The average molecular weight is 276 g/mol. The second-order valence-corrected chi connectivity index (χ2v) is 6.45. The van der Waals surface area contributed by atoms with Crippen LogP contribution >= 0.6 is 11.8 Å². The van der Waals surface area contributed by atoms with Gasteiger partial charge in [0.1, 0.15) is 5.75 Å². The number of H-pyrrole nitrogens is 1. The molecule has 2 rings (SSSR count).